The number of nitrogens with zero attached hydrogens (tertiary/aromatic N) is 4. The fourth-order valence-corrected chi connectivity index (χ4v) is 4.45. The lowest BCUT2D eigenvalue weighted by Gasteiger charge is -2.21. The largest absolute Gasteiger partial charge is 0.497 e. The minimum absolute atomic E-state index is 0.00496. The Kier molecular flexibility index (Phi) is 8.79. The maximum absolute atomic E-state index is 14.7. The number of anilines is 4. The summed E-state index contributed by atoms with van der Waals surface area (Å²) in [7, 11) is 1.81. The molecule has 1 heterocycles. The lowest BCUT2D eigenvalue weighted by molar-refractivity contribution is 0.0947. The second-order valence-corrected chi connectivity index (χ2v) is 9.91. The smallest absolute Gasteiger partial charge is 0.254 e. The van der Waals surface area contributed by atoms with Crippen molar-refractivity contribution >= 4 is 62.4 Å². The topological polar surface area (TPSA) is 117 Å². The second kappa shape index (κ2) is 12.2. The van der Waals surface area contributed by atoms with Crippen LogP contribution in [-0.4, -0.2) is 63.5 Å². The molecule has 0 saturated carbocycles. The molecule has 4 aromatic rings. The normalized spacial score (nSPS) is 11.2. The Balaban J connectivity index is 1.82. The molecule has 0 atom stereocenters. The number of likely N-dealkylation sites (N-methyl/N-ethyl adjacent to an activating group) is 1. The van der Waals surface area contributed by atoms with E-state index in [0.29, 0.717) is 34.0 Å². The number of nitrogens with one attached hydrogen (secondary N) is 2. The Morgan fingerprint density at radius 1 is 1.05 bits per heavy atom. The summed E-state index contributed by atoms with van der Waals surface area (Å²) in [4.78, 5) is 23.7. The zero-order chi connectivity index (χ0) is 28.1. The van der Waals surface area contributed by atoms with Gasteiger partial charge in [0.1, 0.15) is 11.6 Å². The molecule has 2 N–H and O–H groups in total. The first-order valence-corrected chi connectivity index (χ1v) is 13.2. The van der Waals surface area contributed by atoms with Crippen LogP contribution < -0.4 is 19.7 Å². The number of fused-ring (bicyclic) bond motifs is 1. The van der Waals surface area contributed by atoms with Crippen LogP contribution in [0.15, 0.2) is 60.7 Å². The Morgan fingerprint density at radius 2 is 1.77 bits per heavy atom. The second-order valence-electron chi connectivity index (χ2n) is 8.63. The van der Waals surface area contributed by atoms with Crippen LogP contribution in [0.3, 0.4) is 0 Å². The number of para-hydroxylation sites is 2. The van der Waals surface area contributed by atoms with Crippen molar-refractivity contribution in [2.45, 2.75) is 0 Å². The third-order valence-corrected chi connectivity index (χ3v) is 6.70. The van der Waals surface area contributed by atoms with Crippen LogP contribution in [0, 0.1) is 5.82 Å². The van der Waals surface area contributed by atoms with Crippen molar-refractivity contribution in [2.75, 3.05) is 43.9 Å². The van der Waals surface area contributed by atoms with Crippen molar-refractivity contribution in [3.8, 4) is 5.75 Å². The van der Waals surface area contributed by atoms with E-state index in [2.05, 4.69) is 20.6 Å². The predicted molar refractivity (Wildman–Crippen MR) is 151 cm³/mol. The average molecular weight is 573 g/mol. The standard InChI is InChI=1S/C26H26ClFN6O4S/c1-33(2)13-12-29-26(35)18-14-16(8-11-20(18)28)34(39(36)37)25-24(30-21-6-4-5-7-22(21)32-25)31-23-15-17(38-3)9-10-19(23)27/h4-11,14-15,39H,12-13H2,1-3H3,(H,29,35)(H,30,31). The molecule has 0 bridgehead atoms. The summed E-state index contributed by atoms with van der Waals surface area (Å²) in [5, 5.41) is 6.01. The zero-order valence-corrected chi connectivity index (χ0v) is 23.0. The third-order valence-electron chi connectivity index (χ3n) is 5.63. The number of benzene rings is 3. The molecule has 0 aliphatic rings. The van der Waals surface area contributed by atoms with Crippen LogP contribution in [0.2, 0.25) is 5.02 Å². The molecule has 39 heavy (non-hydrogen) atoms. The highest BCUT2D eigenvalue weighted by molar-refractivity contribution is 7.74. The van der Waals surface area contributed by atoms with Crippen LogP contribution in [0.5, 0.6) is 5.75 Å². The third kappa shape index (κ3) is 6.53. The van der Waals surface area contributed by atoms with Crippen molar-refractivity contribution in [1.82, 2.24) is 20.2 Å². The molecular formula is C26H26ClFN6O4S. The van der Waals surface area contributed by atoms with Crippen molar-refractivity contribution < 1.29 is 22.3 Å². The highest BCUT2D eigenvalue weighted by Gasteiger charge is 2.23. The molecule has 3 aromatic carbocycles. The monoisotopic (exact) mass is 572 g/mol. The van der Waals surface area contributed by atoms with Gasteiger partial charge in [0.05, 0.1) is 40.1 Å². The van der Waals surface area contributed by atoms with Crippen LogP contribution in [0.1, 0.15) is 10.4 Å². The quantitative estimate of drug-likeness (QED) is 0.243. The number of amides is 1. The van der Waals surface area contributed by atoms with E-state index in [9.17, 15) is 17.6 Å². The first kappa shape index (κ1) is 28.0. The lowest BCUT2D eigenvalue weighted by Crippen LogP contribution is -2.32. The number of hydrogen-bond acceptors (Lipinski definition) is 8. The number of thiol groups is 1. The molecule has 13 heteroatoms. The summed E-state index contributed by atoms with van der Waals surface area (Å²) < 4.78 is 46.1. The fourth-order valence-electron chi connectivity index (χ4n) is 3.68. The van der Waals surface area contributed by atoms with Crippen molar-refractivity contribution in [1.29, 1.82) is 0 Å². The van der Waals surface area contributed by atoms with Crippen molar-refractivity contribution in [3.63, 3.8) is 0 Å². The molecule has 10 nitrogen and oxygen atoms in total. The summed E-state index contributed by atoms with van der Waals surface area (Å²) in [6, 6.07) is 15.3. The molecule has 0 aliphatic carbocycles. The first-order chi connectivity index (χ1) is 18.7. The molecule has 0 spiro atoms. The Labute approximate surface area is 231 Å². The summed E-state index contributed by atoms with van der Waals surface area (Å²) >= 11 is 6.38. The highest BCUT2D eigenvalue weighted by Crippen LogP contribution is 2.36. The minimum Gasteiger partial charge on any atom is -0.497 e. The number of carbonyl (C=O) groups excluding carboxylic acids is 1. The van der Waals surface area contributed by atoms with Gasteiger partial charge in [0, 0.05) is 19.2 Å². The number of hydrogen-bond donors (Lipinski definition) is 3. The van der Waals surface area contributed by atoms with Gasteiger partial charge in [-0.25, -0.2) is 27.1 Å². The van der Waals surface area contributed by atoms with Crippen LogP contribution >= 0.6 is 11.6 Å². The van der Waals surface area contributed by atoms with E-state index in [0.717, 1.165) is 16.4 Å². The van der Waals surface area contributed by atoms with E-state index in [1.54, 1.807) is 42.5 Å². The minimum atomic E-state index is -3.37. The highest BCUT2D eigenvalue weighted by atomic mass is 35.5. The van der Waals surface area contributed by atoms with E-state index in [1.807, 2.05) is 19.0 Å². The molecular weight excluding hydrogens is 547 g/mol. The van der Waals surface area contributed by atoms with Gasteiger partial charge in [0.2, 0.25) is 10.9 Å². The first-order valence-electron chi connectivity index (χ1n) is 11.7. The van der Waals surface area contributed by atoms with Gasteiger partial charge in [-0.3, -0.25) is 4.79 Å². The Bertz CT molecular complexity index is 1590. The van der Waals surface area contributed by atoms with Gasteiger partial charge < -0.3 is 20.3 Å². The summed E-state index contributed by atoms with van der Waals surface area (Å²) in [6.45, 7) is 0.820. The lowest BCUT2D eigenvalue weighted by atomic mass is 10.1. The molecule has 0 aliphatic heterocycles. The maximum Gasteiger partial charge on any atom is 0.254 e. The van der Waals surface area contributed by atoms with Gasteiger partial charge >= 0.3 is 0 Å². The van der Waals surface area contributed by atoms with E-state index >= 15 is 0 Å². The van der Waals surface area contributed by atoms with Gasteiger partial charge in [-0.2, -0.15) is 0 Å². The average Bonchev–Trinajstić information content (AvgIpc) is 2.90. The van der Waals surface area contributed by atoms with Crippen LogP contribution in [0.4, 0.5) is 27.4 Å². The summed E-state index contributed by atoms with van der Waals surface area (Å²) in [5.74, 6) is -1.01. The predicted octanol–water partition coefficient (Wildman–Crippen LogP) is 4.13. The number of rotatable bonds is 10. The molecule has 1 aromatic heterocycles. The van der Waals surface area contributed by atoms with E-state index in [4.69, 9.17) is 16.3 Å². The molecule has 0 unspecified atom stereocenters. The molecule has 0 radical (unpaired) electrons. The van der Waals surface area contributed by atoms with Gasteiger partial charge in [-0.1, -0.05) is 23.7 Å². The van der Waals surface area contributed by atoms with Gasteiger partial charge in [-0.15, -0.1) is 0 Å². The molecule has 0 saturated heterocycles. The Morgan fingerprint density at radius 3 is 2.44 bits per heavy atom. The Hall–Kier alpha value is -4.00. The number of aromatic nitrogens is 2. The fraction of sp³-hybridized carbons (Fsp3) is 0.192. The van der Waals surface area contributed by atoms with Gasteiger partial charge in [0.25, 0.3) is 5.91 Å². The van der Waals surface area contributed by atoms with E-state index in [-0.39, 0.29) is 29.4 Å². The number of halogens is 2. The van der Waals surface area contributed by atoms with Gasteiger partial charge in [-0.05, 0) is 56.6 Å². The van der Waals surface area contributed by atoms with E-state index < -0.39 is 22.6 Å². The van der Waals surface area contributed by atoms with Crippen molar-refractivity contribution in [2.24, 2.45) is 0 Å². The zero-order valence-electron chi connectivity index (χ0n) is 21.3. The van der Waals surface area contributed by atoms with Crippen LogP contribution in [-0.2, 0) is 10.9 Å². The van der Waals surface area contributed by atoms with Crippen molar-refractivity contribution in [3.05, 3.63) is 77.1 Å². The SMILES string of the molecule is COc1ccc(Cl)c(Nc2nc3ccccc3nc2N(c2ccc(F)c(C(=O)NCCN(C)C)c2)[SH](=O)=O)c1. The maximum atomic E-state index is 14.7. The summed E-state index contributed by atoms with van der Waals surface area (Å²) in [6.07, 6.45) is 0. The number of ether oxygens (including phenoxy) is 1. The molecule has 1 amide bonds. The number of methoxy groups -OCH3 is 1. The van der Waals surface area contributed by atoms with Gasteiger partial charge in [0.15, 0.2) is 11.6 Å². The number of carbonyl (C=O) groups is 1. The van der Waals surface area contributed by atoms with E-state index in [1.165, 1.54) is 13.2 Å². The summed E-state index contributed by atoms with van der Waals surface area (Å²) in [5.41, 5.74) is 0.981. The molecule has 4 rings (SSSR count). The molecule has 204 valence electrons. The molecule has 0 fully saturated rings. The van der Waals surface area contributed by atoms with Crippen LogP contribution in [0.25, 0.3) is 11.0 Å².